The summed E-state index contributed by atoms with van der Waals surface area (Å²) in [7, 11) is 0. The molecule has 2 aromatic carbocycles. The van der Waals surface area contributed by atoms with Crippen molar-refractivity contribution in [2.75, 3.05) is 0 Å². The smallest absolute Gasteiger partial charge is 0.123 e. The topological polar surface area (TPSA) is 0 Å². The number of hydrogen-bond acceptors (Lipinski definition) is 1. The van der Waals surface area contributed by atoms with Gasteiger partial charge in [-0.3, -0.25) is 0 Å². The fourth-order valence-electron chi connectivity index (χ4n) is 1.72. The fourth-order valence-corrected chi connectivity index (χ4v) is 2.80. The summed E-state index contributed by atoms with van der Waals surface area (Å²) < 4.78 is 13.0. The molecule has 2 heteroatoms. The van der Waals surface area contributed by atoms with Crippen molar-refractivity contribution in [1.29, 1.82) is 0 Å². The lowest BCUT2D eigenvalue weighted by Gasteiger charge is -2.07. The fraction of sp³-hybridized carbons (Fsp3) is 0.200. The number of hydrogen-bond donors (Lipinski definition) is 0. The first kappa shape index (κ1) is 12.2. The summed E-state index contributed by atoms with van der Waals surface area (Å²) in [6.45, 7) is 2.15. The molecule has 2 rings (SSSR count). The molecule has 0 fully saturated rings. The summed E-state index contributed by atoms with van der Waals surface area (Å²) in [5, 5.41) is 0. The third-order valence-electron chi connectivity index (χ3n) is 2.64. The molecule has 0 aromatic heterocycles. The maximum atomic E-state index is 13.0. The molecule has 0 spiro atoms. The minimum atomic E-state index is -0.160. The summed E-state index contributed by atoms with van der Waals surface area (Å²) in [5.41, 5.74) is 2.38. The van der Waals surface area contributed by atoms with Crippen molar-refractivity contribution in [2.24, 2.45) is 0 Å². The van der Waals surface area contributed by atoms with Gasteiger partial charge >= 0.3 is 0 Å². The van der Waals surface area contributed by atoms with Gasteiger partial charge in [0.15, 0.2) is 0 Å². The molecule has 0 aliphatic carbocycles. The third kappa shape index (κ3) is 3.34. The van der Waals surface area contributed by atoms with Gasteiger partial charge in [0.1, 0.15) is 5.82 Å². The van der Waals surface area contributed by atoms with E-state index in [1.54, 1.807) is 23.9 Å². The molecule has 0 bridgehead atoms. The van der Waals surface area contributed by atoms with Crippen LogP contribution in [0, 0.1) is 5.82 Å². The second kappa shape index (κ2) is 5.87. The van der Waals surface area contributed by atoms with Crippen molar-refractivity contribution in [3.63, 3.8) is 0 Å². The SMILES string of the molecule is CCc1ccccc1SCc1cccc(F)c1. The molecule has 0 aliphatic heterocycles. The van der Waals surface area contributed by atoms with Crippen LogP contribution in [0.25, 0.3) is 0 Å². The summed E-state index contributed by atoms with van der Waals surface area (Å²) in [6.07, 6.45) is 1.03. The van der Waals surface area contributed by atoms with Gasteiger partial charge in [-0.25, -0.2) is 4.39 Å². The summed E-state index contributed by atoms with van der Waals surface area (Å²) in [4.78, 5) is 1.29. The second-order valence-corrected chi connectivity index (χ2v) is 4.90. The quantitative estimate of drug-likeness (QED) is 0.706. The predicted molar refractivity (Wildman–Crippen MR) is 71.8 cm³/mol. The van der Waals surface area contributed by atoms with Gasteiger partial charge < -0.3 is 0 Å². The van der Waals surface area contributed by atoms with Crippen LogP contribution < -0.4 is 0 Å². The molecule has 88 valence electrons. The normalized spacial score (nSPS) is 10.5. The van der Waals surface area contributed by atoms with Gasteiger partial charge in [-0.1, -0.05) is 37.3 Å². The zero-order chi connectivity index (χ0) is 12.1. The standard InChI is InChI=1S/C15H15FS/c1-2-13-7-3-4-9-15(13)17-11-12-6-5-8-14(16)10-12/h3-10H,2,11H2,1H3. The lowest BCUT2D eigenvalue weighted by Crippen LogP contribution is -1.86. The van der Waals surface area contributed by atoms with E-state index in [4.69, 9.17) is 0 Å². The van der Waals surface area contributed by atoms with Crippen molar-refractivity contribution in [3.05, 3.63) is 65.5 Å². The lowest BCUT2D eigenvalue weighted by molar-refractivity contribution is 0.626. The molecule has 17 heavy (non-hydrogen) atoms. The molecular formula is C15H15FS. The van der Waals surface area contributed by atoms with Crippen LogP contribution in [0.2, 0.25) is 0 Å². The van der Waals surface area contributed by atoms with E-state index in [-0.39, 0.29) is 5.82 Å². The highest BCUT2D eigenvalue weighted by molar-refractivity contribution is 7.98. The Balaban J connectivity index is 2.07. The van der Waals surface area contributed by atoms with Gasteiger partial charge in [0.05, 0.1) is 0 Å². The van der Waals surface area contributed by atoms with E-state index in [9.17, 15) is 4.39 Å². The van der Waals surface area contributed by atoms with Gasteiger partial charge in [0.2, 0.25) is 0 Å². The van der Waals surface area contributed by atoms with E-state index in [0.29, 0.717) is 0 Å². The van der Waals surface area contributed by atoms with Crippen LogP contribution in [-0.2, 0) is 12.2 Å². The Morgan fingerprint density at radius 3 is 2.65 bits per heavy atom. The Bertz CT molecular complexity index is 494. The zero-order valence-electron chi connectivity index (χ0n) is 9.82. The minimum absolute atomic E-state index is 0.160. The molecule has 0 radical (unpaired) electrons. The second-order valence-electron chi connectivity index (χ2n) is 3.88. The van der Waals surface area contributed by atoms with Crippen molar-refractivity contribution in [3.8, 4) is 0 Å². The first-order chi connectivity index (χ1) is 8.29. The Kier molecular flexibility index (Phi) is 4.21. The maximum Gasteiger partial charge on any atom is 0.123 e. The van der Waals surface area contributed by atoms with E-state index in [0.717, 1.165) is 17.7 Å². The molecule has 0 N–H and O–H groups in total. The van der Waals surface area contributed by atoms with Gasteiger partial charge in [-0.15, -0.1) is 11.8 Å². The Labute approximate surface area is 106 Å². The van der Waals surface area contributed by atoms with Crippen LogP contribution in [0.15, 0.2) is 53.4 Å². The first-order valence-corrected chi connectivity index (χ1v) is 6.73. The average molecular weight is 246 g/mol. The Morgan fingerprint density at radius 2 is 1.88 bits per heavy atom. The molecular weight excluding hydrogens is 231 g/mol. The van der Waals surface area contributed by atoms with Gasteiger partial charge in [-0.05, 0) is 35.7 Å². The van der Waals surface area contributed by atoms with Crippen LogP contribution in [0.3, 0.4) is 0 Å². The van der Waals surface area contributed by atoms with Crippen molar-refractivity contribution < 1.29 is 4.39 Å². The summed E-state index contributed by atoms with van der Waals surface area (Å²) >= 11 is 1.77. The summed E-state index contributed by atoms with van der Waals surface area (Å²) in [5.74, 6) is 0.654. The van der Waals surface area contributed by atoms with E-state index in [1.165, 1.54) is 16.5 Å². The molecule has 0 saturated carbocycles. The number of halogens is 1. The zero-order valence-corrected chi connectivity index (χ0v) is 10.6. The first-order valence-electron chi connectivity index (χ1n) is 5.74. The highest BCUT2D eigenvalue weighted by atomic mass is 32.2. The molecule has 0 nitrogen and oxygen atoms in total. The average Bonchev–Trinajstić information content (AvgIpc) is 2.37. The largest absolute Gasteiger partial charge is 0.207 e. The van der Waals surface area contributed by atoms with Gasteiger partial charge in [0, 0.05) is 10.6 Å². The highest BCUT2D eigenvalue weighted by Crippen LogP contribution is 2.26. The predicted octanol–water partition coefficient (Wildman–Crippen LogP) is 4.68. The molecule has 0 heterocycles. The minimum Gasteiger partial charge on any atom is -0.207 e. The number of aryl methyl sites for hydroxylation is 1. The van der Waals surface area contributed by atoms with E-state index >= 15 is 0 Å². The number of benzene rings is 2. The van der Waals surface area contributed by atoms with Crippen molar-refractivity contribution in [2.45, 2.75) is 24.0 Å². The molecule has 0 aliphatic rings. The number of thioether (sulfide) groups is 1. The van der Waals surface area contributed by atoms with Crippen LogP contribution in [0.1, 0.15) is 18.1 Å². The highest BCUT2D eigenvalue weighted by Gasteiger charge is 2.01. The van der Waals surface area contributed by atoms with Crippen LogP contribution in [0.4, 0.5) is 4.39 Å². The molecule has 0 unspecified atom stereocenters. The Hall–Kier alpha value is -1.28. The molecule has 0 atom stereocenters. The van der Waals surface area contributed by atoms with Gasteiger partial charge in [-0.2, -0.15) is 0 Å². The third-order valence-corrected chi connectivity index (χ3v) is 3.82. The van der Waals surface area contributed by atoms with Crippen molar-refractivity contribution in [1.82, 2.24) is 0 Å². The lowest BCUT2D eigenvalue weighted by atomic mass is 10.2. The van der Waals surface area contributed by atoms with Gasteiger partial charge in [0.25, 0.3) is 0 Å². The molecule has 0 amide bonds. The molecule has 0 saturated heterocycles. The Morgan fingerprint density at radius 1 is 1.06 bits per heavy atom. The van der Waals surface area contributed by atoms with Crippen LogP contribution in [0.5, 0.6) is 0 Å². The van der Waals surface area contributed by atoms with E-state index in [1.807, 2.05) is 12.1 Å². The maximum absolute atomic E-state index is 13.0. The van der Waals surface area contributed by atoms with Crippen molar-refractivity contribution >= 4 is 11.8 Å². The monoisotopic (exact) mass is 246 g/mol. The molecule has 2 aromatic rings. The number of rotatable bonds is 4. The van der Waals surface area contributed by atoms with Crippen LogP contribution in [-0.4, -0.2) is 0 Å². The van der Waals surface area contributed by atoms with E-state index < -0.39 is 0 Å². The summed E-state index contributed by atoms with van der Waals surface area (Å²) in [6, 6.07) is 15.2. The van der Waals surface area contributed by atoms with E-state index in [2.05, 4.69) is 25.1 Å². The van der Waals surface area contributed by atoms with Crippen LogP contribution >= 0.6 is 11.8 Å².